The Morgan fingerprint density at radius 1 is 1.05 bits per heavy atom. The Hall–Kier alpha value is -2.89. The van der Waals surface area contributed by atoms with E-state index in [2.05, 4.69) is 10.2 Å². The molecule has 0 atom stereocenters. The molecule has 6 heteroatoms. The molecule has 0 radical (unpaired) electrons. The Balaban J connectivity index is 1.60. The summed E-state index contributed by atoms with van der Waals surface area (Å²) in [6.07, 6.45) is 0. The number of carbonyl (C=O) groups is 1. The summed E-state index contributed by atoms with van der Waals surface area (Å²) >= 11 is 0. The summed E-state index contributed by atoms with van der Waals surface area (Å²) in [6.45, 7) is 1.15. The minimum absolute atomic E-state index is 0.0453. The van der Waals surface area contributed by atoms with E-state index < -0.39 is 0 Å². The zero-order chi connectivity index (χ0) is 14.9. The van der Waals surface area contributed by atoms with Crippen LogP contribution in [0.1, 0.15) is 0 Å². The van der Waals surface area contributed by atoms with E-state index in [-0.39, 0.29) is 12.5 Å². The first kappa shape index (κ1) is 12.8. The molecular weight excluding hydrogens is 280 g/mol. The van der Waals surface area contributed by atoms with Gasteiger partial charge in [-0.2, -0.15) is 15.0 Å². The smallest absolute Gasteiger partial charge is 0.250 e. The second-order valence-electron chi connectivity index (χ2n) is 5.08. The van der Waals surface area contributed by atoms with Gasteiger partial charge in [-0.25, -0.2) is 0 Å². The fourth-order valence-corrected chi connectivity index (χ4v) is 2.61. The summed E-state index contributed by atoms with van der Waals surface area (Å²) in [6, 6.07) is 15.1. The van der Waals surface area contributed by atoms with Crippen LogP contribution in [-0.2, 0) is 11.3 Å². The molecule has 0 unspecified atom stereocenters. The quantitative estimate of drug-likeness (QED) is 0.724. The van der Waals surface area contributed by atoms with Crippen LogP contribution in [0.5, 0.6) is 5.75 Å². The maximum absolute atomic E-state index is 12.6. The highest BCUT2D eigenvalue weighted by molar-refractivity contribution is 5.95. The van der Waals surface area contributed by atoms with Crippen LogP contribution in [-0.4, -0.2) is 34.1 Å². The van der Waals surface area contributed by atoms with Crippen LogP contribution in [0, 0.1) is 0 Å². The van der Waals surface area contributed by atoms with Gasteiger partial charge in [0.2, 0.25) is 0 Å². The van der Waals surface area contributed by atoms with E-state index in [1.165, 1.54) is 4.80 Å². The van der Waals surface area contributed by atoms with E-state index in [0.717, 1.165) is 22.5 Å². The van der Waals surface area contributed by atoms with E-state index in [1.807, 2.05) is 48.5 Å². The van der Waals surface area contributed by atoms with Crippen LogP contribution >= 0.6 is 0 Å². The van der Waals surface area contributed by atoms with Crippen molar-refractivity contribution in [1.29, 1.82) is 0 Å². The Morgan fingerprint density at radius 3 is 2.50 bits per heavy atom. The van der Waals surface area contributed by atoms with Crippen LogP contribution in [0.3, 0.4) is 0 Å². The van der Waals surface area contributed by atoms with E-state index in [9.17, 15) is 4.79 Å². The molecule has 0 saturated heterocycles. The highest BCUT2D eigenvalue weighted by atomic mass is 16.5. The lowest BCUT2D eigenvalue weighted by atomic mass is 10.2. The lowest BCUT2D eigenvalue weighted by molar-refractivity contribution is -0.119. The van der Waals surface area contributed by atoms with Crippen LogP contribution in [0.2, 0.25) is 0 Å². The van der Waals surface area contributed by atoms with Crippen molar-refractivity contribution in [3.05, 3.63) is 48.5 Å². The molecule has 6 nitrogen and oxygen atoms in total. The summed E-state index contributed by atoms with van der Waals surface area (Å²) in [5, 5.41) is 8.66. The van der Waals surface area contributed by atoms with Gasteiger partial charge in [0.15, 0.2) is 0 Å². The molecule has 1 aliphatic rings. The van der Waals surface area contributed by atoms with Gasteiger partial charge in [-0.3, -0.25) is 4.79 Å². The number of hydrogen-bond acceptors (Lipinski definition) is 4. The molecule has 2 aromatic carbocycles. The maximum atomic E-state index is 12.6. The van der Waals surface area contributed by atoms with Crippen molar-refractivity contribution < 1.29 is 9.53 Å². The average Bonchev–Trinajstić information content (AvgIpc) is 2.96. The molecule has 1 aromatic heterocycles. The van der Waals surface area contributed by atoms with Crippen molar-refractivity contribution in [3.63, 3.8) is 0 Å². The molecule has 1 amide bonds. The predicted molar refractivity (Wildman–Crippen MR) is 81.8 cm³/mol. The van der Waals surface area contributed by atoms with Gasteiger partial charge in [0.25, 0.3) is 5.91 Å². The molecule has 4 rings (SSSR count). The van der Waals surface area contributed by atoms with Crippen molar-refractivity contribution in [2.45, 2.75) is 6.54 Å². The fourth-order valence-electron chi connectivity index (χ4n) is 2.61. The average molecular weight is 294 g/mol. The van der Waals surface area contributed by atoms with Crippen molar-refractivity contribution in [3.8, 4) is 5.75 Å². The highest BCUT2D eigenvalue weighted by Gasteiger charge is 2.23. The molecule has 3 aromatic rings. The van der Waals surface area contributed by atoms with Gasteiger partial charge in [-0.15, -0.1) is 0 Å². The first-order valence-electron chi connectivity index (χ1n) is 7.13. The number of anilines is 1. The predicted octanol–water partition coefficient (Wildman–Crippen LogP) is 1.86. The van der Waals surface area contributed by atoms with Crippen LogP contribution < -0.4 is 9.64 Å². The molecular formula is C16H14N4O2. The lowest BCUT2D eigenvalue weighted by Crippen LogP contribution is -2.40. The first-order chi connectivity index (χ1) is 10.8. The zero-order valence-electron chi connectivity index (χ0n) is 11.8. The number of carbonyl (C=O) groups excluding carboxylic acids is 1. The molecule has 0 spiro atoms. The standard InChI is InChI=1S/C16H14N4O2/c21-16(11-20-17-12-5-1-2-6-13(12)18-20)19-9-10-22-15-8-4-3-7-14(15)19/h1-8H,9-11H2. The Bertz CT molecular complexity index is 810. The number of para-hydroxylation sites is 2. The molecule has 0 saturated carbocycles. The number of benzene rings is 2. The van der Waals surface area contributed by atoms with Gasteiger partial charge >= 0.3 is 0 Å². The lowest BCUT2D eigenvalue weighted by Gasteiger charge is -2.29. The van der Waals surface area contributed by atoms with Crippen LogP contribution in [0.15, 0.2) is 48.5 Å². The number of rotatable bonds is 2. The van der Waals surface area contributed by atoms with Crippen molar-refractivity contribution >= 4 is 22.6 Å². The van der Waals surface area contributed by atoms with E-state index >= 15 is 0 Å². The monoisotopic (exact) mass is 294 g/mol. The SMILES string of the molecule is O=C(Cn1nc2ccccc2n1)N1CCOc2ccccc21. The molecule has 110 valence electrons. The summed E-state index contributed by atoms with van der Waals surface area (Å²) in [5.74, 6) is 0.691. The van der Waals surface area contributed by atoms with Gasteiger partial charge in [0, 0.05) is 0 Å². The summed E-state index contributed by atoms with van der Waals surface area (Å²) in [7, 11) is 0. The summed E-state index contributed by atoms with van der Waals surface area (Å²) < 4.78 is 5.57. The van der Waals surface area contributed by atoms with Crippen molar-refractivity contribution in [2.75, 3.05) is 18.1 Å². The Labute approximate surface area is 126 Å². The maximum Gasteiger partial charge on any atom is 0.250 e. The number of hydrogen-bond donors (Lipinski definition) is 0. The molecule has 0 bridgehead atoms. The highest BCUT2D eigenvalue weighted by Crippen LogP contribution is 2.31. The number of ether oxygens (including phenoxy) is 1. The largest absolute Gasteiger partial charge is 0.490 e. The van der Waals surface area contributed by atoms with Gasteiger partial charge in [0.1, 0.15) is 29.9 Å². The van der Waals surface area contributed by atoms with Crippen LogP contribution in [0.4, 0.5) is 5.69 Å². The van der Waals surface area contributed by atoms with Crippen molar-refractivity contribution in [1.82, 2.24) is 15.0 Å². The van der Waals surface area contributed by atoms with E-state index in [1.54, 1.807) is 4.90 Å². The second kappa shape index (κ2) is 5.14. The number of nitrogens with zero attached hydrogens (tertiary/aromatic N) is 4. The Morgan fingerprint density at radius 2 is 1.73 bits per heavy atom. The van der Waals surface area contributed by atoms with E-state index in [0.29, 0.717) is 13.2 Å². The number of fused-ring (bicyclic) bond motifs is 2. The minimum atomic E-state index is -0.0453. The van der Waals surface area contributed by atoms with Gasteiger partial charge in [-0.1, -0.05) is 24.3 Å². The number of aromatic nitrogens is 3. The third-order valence-corrected chi connectivity index (χ3v) is 3.63. The second-order valence-corrected chi connectivity index (χ2v) is 5.08. The van der Waals surface area contributed by atoms with Gasteiger partial charge in [-0.05, 0) is 24.3 Å². The molecule has 0 fully saturated rings. The Kier molecular flexibility index (Phi) is 3.00. The minimum Gasteiger partial charge on any atom is -0.490 e. The van der Waals surface area contributed by atoms with Crippen LogP contribution in [0.25, 0.3) is 11.0 Å². The molecule has 2 heterocycles. The third-order valence-electron chi connectivity index (χ3n) is 3.63. The van der Waals surface area contributed by atoms with Crippen molar-refractivity contribution in [2.24, 2.45) is 0 Å². The number of amides is 1. The summed E-state index contributed by atoms with van der Waals surface area (Å²) in [5.41, 5.74) is 2.38. The van der Waals surface area contributed by atoms with Gasteiger partial charge < -0.3 is 9.64 Å². The van der Waals surface area contributed by atoms with E-state index in [4.69, 9.17) is 4.74 Å². The third kappa shape index (κ3) is 2.18. The fraction of sp³-hybridized carbons (Fsp3) is 0.188. The molecule has 1 aliphatic heterocycles. The normalized spacial score (nSPS) is 13.7. The molecule has 0 aliphatic carbocycles. The molecule has 0 N–H and O–H groups in total. The zero-order valence-corrected chi connectivity index (χ0v) is 11.8. The first-order valence-corrected chi connectivity index (χ1v) is 7.13. The summed E-state index contributed by atoms with van der Waals surface area (Å²) in [4.78, 5) is 15.8. The topological polar surface area (TPSA) is 60.2 Å². The van der Waals surface area contributed by atoms with Gasteiger partial charge in [0.05, 0.1) is 12.2 Å². The molecule has 22 heavy (non-hydrogen) atoms.